The quantitative estimate of drug-likeness (QED) is 0.606. The van der Waals surface area contributed by atoms with Gasteiger partial charge in [0.15, 0.2) is 0 Å². The van der Waals surface area contributed by atoms with Gasteiger partial charge in [0.25, 0.3) is 5.69 Å². The van der Waals surface area contributed by atoms with Crippen LogP contribution in [0.15, 0.2) is 30.5 Å². The van der Waals surface area contributed by atoms with E-state index in [1.165, 1.54) is 12.1 Å². The number of likely N-dealkylation sites (N-methyl/N-ethyl adjacent to an activating group) is 1. The van der Waals surface area contributed by atoms with Crippen molar-refractivity contribution in [2.24, 2.45) is 0 Å². The van der Waals surface area contributed by atoms with Crippen LogP contribution in [-0.2, 0) is 19.4 Å². The molecule has 1 heterocycles. The van der Waals surface area contributed by atoms with E-state index in [-0.39, 0.29) is 5.69 Å². The van der Waals surface area contributed by atoms with E-state index in [0.29, 0.717) is 6.54 Å². The Morgan fingerprint density at radius 3 is 2.70 bits per heavy atom. The second kappa shape index (κ2) is 6.76. The molecule has 7 heteroatoms. The van der Waals surface area contributed by atoms with Gasteiger partial charge in [0, 0.05) is 37.8 Å². The highest BCUT2D eigenvalue weighted by Crippen LogP contribution is 2.12. The number of hydrogen-bond acceptors (Lipinski definition) is 5. The van der Waals surface area contributed by atoms with Crippen molar-refractivity contribution < 1.29 is 4.92 Å². The Morgan fingerprint density at radius 1 is 1.30 bits per heavy atom. The molecule has 106 valence electrons. The Hall–Kier alpha value is -2.28. The van der Waals surface area contributed by atoms with E-state index in [1.807, 2.05) is 13.2 Å². The summed E-state index contributed by atoms with van der Waals surface area (Å²) < 4.78 is 1.80. The second-order valence-corrected chi connectivity index (χ2v) is 4.50. The molecule has 2 aromatic rings. The molecule has 0 aliphatic rings. The van der Waals surface area contributed by atoms with E-state index in [9.17, 15) is 10.1 Å². The summed E-state index contributed by atoms with van der Waals surface area (Å²) >= 11 is 0. The third kappa shape index (κ3) is 3.86. The molecule has 0 atom stereocenters. The van der Waals surface area contributed by atoms with Gasteiger partial charge in [0.1, 0.15) is 0 Å². The van der Waals surface area contributed by atoms with E-state index in [0.717, 1.165) is 30.6 Å². The highest BCUT2D eigenvalue weighted by atomic mass is 16.6. The summed E-state index contributed by atoms with van der Waals surface area (Å²) in [7, 11) is 1.90. The third-order valence-corrected chi connectivity index (χ3v) is 2.99. The van der Waals surface area contributed by atoms with Gasteiger partial charge < -0.3 is 5.32 Å². The molecular formula is C13H17N5O2. The van der Waals surface area contributed by atoms with Crippen molar-refractivity contribution in [3.05, 3.63) is 51.8 Å². The number of hydrogen-bond donors (Lipinski definition) is 1. The normalized spacial score (nSPS) is 10.7. The lowest BCUT2D eigenvalue weighted by atomic mass is 10.1. The van der Waals surface area contributed by atoms with Crippen LogP contribution in [0.25, 0.3) is 0 Å². The number of aromatic nitrogens is 3. The van der Waals surface area contributed by atoms with Crippen molar-refractivity contribution in [2.75, 3.05) is 13.6 Å². The molecule has 0 fully saturated rings. The highest BCUT2D eigenvalue weighted by Gasteiger charge is 2.05. The molecule has 7 nitrogen and oxygen atoms in total. The number of aryl methyl sites for hydroxylation is 2. The fourth-order valence-corrected chi connectivity index (χ4v) is 1.84. The van der Waals surface area contributed by atoms with Crippen LogP contribution in [0.2, 0.25) is 0 Å². The van der Waals surface area contributed by atoms with Gasteiger partial charge in [0.05, 0.1) is 10.6 Å². The molecule has 0 aliphatic carbocycles. The fourth-order valence-electron chi connectivity index (χ4n) is 1.84. The number of nitrogens with one attached hydrogen (secondary N) is 1. The average Bonchev–Trinajstić information content (AvgIpc) is 2.91. The van der Waals surface area contributed by atoms with Gasteiger partial charge in [-0.2, -0.15) is 0 Å². The van der Waals surface area contributed by atoms with Gasteiger partial charge in [0.2, 0.25) is 0 Å². The summed E-state index contributed by atoms with van der Waals surface area (Å²) in [5, 5.41) is 21.8. The molecule has 20 heavy (non-hydrogen) atoms. The van der Waals surface area contributed by atoms with Crippen molar-refractivity contribution in [1.29, 1.82) is 0 Å². The minimum atomic E-state index is -0.394. The SMILES string of the molecule is CNCCc1cn(CCc2ccc([N+](=O)[O-])cc2)nn1. The molecule has 0 aliphatic heterocycles. The Labute approximate surface area is 116 Å². The van der Waals surface area contributed by atoms with E-state index >= 15 is 0 Å². The monoisotopic (exact) mass is 275 g/mol. The second-order valence-electron chi connectivity index (χ2n) is 4.50. The molecule has 0 spiro atoms. The molecule has 0 saturated carbocycles. The smallest absolute Gasteiger partial charge is 0.269 e. The van der Waals surface area contributed by atoms with E-state index < -0.39 is 4.92 Å². The largest absolute Gasteiger partial charge is 0.319 e. The maximum atomic E-state index is 10.6. The third-order valence-electron chi connectivity index (χ3n) is 2.99. The van der Waals surface area contributed by atoms with Gasteiger partial charge in [-0.25, -0.2) is 0 Å². The summed E-state index contributed by atoms with van der Waals surface area (Å²) in [5.74, 6) is 0. The minimum Gasteiger partial charge on any atom is -0.319 e. The molecule has 2 rings (SSSR count). The minimum absolute atomic E-state index is 0.115. The first-order valence-electron chi connectivity index (χ1n) is 6.46. The van der Waals surface area contributed by atoms with Crippen molar-refractivity contribution in [2.45, 2.75) is 19.4 Å². The maximum Gasteiger partial charge on any atom is 0.269 e. The summed E-state index contributed by atoms with van der Waals surface area (Å²) in [4.78, 5) is 10.2. The predicted molar refractivity (Wildman–Crippen MR) is 74.5 cm³/mol. The highest BCUT2D eigenvalue weighted by molar-refractivity contribution is 5.32. The predicted octanol–water partition coefficient (Wildman–Crippen LogP) is 1.19. The maximum absolute atomic E-state index is 10.6. The van der Waals surface area contributed by atoms with Crippen molar-refractivity contribution >= 4 is 5.69 Å². The van der Waals surface area contributed by atoms with E-state index in [2.05, 4.69) is 15.6 Å². The summed E-state index contributed by atoms with van der Waals surface area (Å²) in [5.41, 5.74) is 2.12. The number of nitro benzene ring substituents is 1. The van der Waals surface area contributed by atoms with Crippen molar-refractivity contribution in [1.82, 2.24) is 20.3 Å². The Morgan fingerprint density at radius 2 is 2.05 bits per heavy atom. The molecule has 0 radical (unpaired) electrons. The topological polar surface area (TPSA) is 85.9 Å². The lowest BCUT2D eigenvalue weighted by Crippen LogP contribution is -2.10. The van der Waals surface area contributed by atoms with Crippen LogP contribution in [0.5, 0.6) is 0 Å². The first-order valence-corrected chi connectivity index (χ1v) is 6.46. The van der Waals surface area contributed by atoms with Crippen LogP contribution in [0.3, 0.4) is 0 Å². The van der Waals surface area contributed by atoms with Crippen LogP contribution in [-0.4, -0.2) is 33.5 Å². The van der Waals surface area contributed by atoms with Gasteiger partial charge in [-0.1, -0.05) is 17.3 Å². The Bertz CT molecular complexity index is 564. The van der Waals surface area contributed by atoms with Gasteiger partial charge in [-0.05, 0) is 19.0 Å². The van der Waals surface area contributed by atoms with Crippen LogP contribution >= 0.6 is 0 Å². The summed E-state index contributed by atoms with van der Waals surface area (Å²) in [6, 6.07) is 6.60. The van der Waals surface area contributed by atoms with Gasteiger partial charge in [-0.15, -0.1) is 5.10 Å². The van der Waals surface area contributed by atoms with Crippen LogP contribution in [0.4, 0.5) is 5.69 Å². The van der Waals surface area contributed by atoms with E-state index in [4.69, 9.17) is 0 Å². The molecule has 0 amide bonds. The number of rotatable bonds is 7. The standard InChI is InChI=1S/C13H17N5O2/c1-14-8-6-12-10-17(16-15-12)9-7-11-2-4-13(5-3-11)18(19)20/h2-5,10,14H,6-9H2,1H3. The molecule has 0 saturated heterocycles. The van der Waals surface area contributed by atoms with Crippen molar-refractivity contribution in [3.63, 3.8) is 0 Å². The number of benzene rings is 1. The van der Waals surface area contributed by atoms with Crippen LogP contribution < -0.4 is 5.32 Å². The lowest BCUT2D eigenvalue weighted by Gasteiger charge is -2.01. The molecule has 0 unspecified atom stereocenters. The zero-order chi connectivity index (χ0) is 14.4. The number of nitrogens with zero attached hydrogens (tertiary/aromatic N) is 4. The zero-order valence-corrected chi connectivity index (χ0v) is 11.3. The first-order chi connectivity index (χ1) is 9.69. The molecule has 1 N–H and O–H groups in total. The summed E-state index contributed by atoms with van der Waals surface area (Å²) in [6.45, 7) is 1.59. The molecule has 1 aromatic carbocycles. The molecule has 0 bridgehead atoms. The van der Waals surface area contributed by atoms with Crippen LogP contribution in [0.1, 0.15) is 11.3 Å². The first kappa shape index (κ1) is 14.1. The Balaban J connectivity index is 1.88. The average molecular weight is 275 g/mol. The van der Waals surface area contributed by atoms with Crippen molar-refractivity contribution in [3.8, 4) is 0 Å². The lowest BCUT2D eigenvalue weighted by molar-refractivity contribution is -0.384. The zero-order valence-electron chi connectivity index (χ0n) is 11.3. The van der Waals surface area contributed by atoms with Crippen LogP contribution in [0, 0.1) is 10.1 Å². The molecule has 1 aromatic heterocycles. The molecular weight excluding hydrogens is 258 g/mol. The Kier molecular flexibility index (Phi) is 4.78. The number of non-ortho nitro benzene ring substituents is 1. The van der Waals surface area contributed by atoms with E-state index in [1.54, 1.807) is 16.8 Å². The number of nitro groups is 1. The van der Waals surface area contributed by atoms with Gasteiger partial charge >= 0.3 is 0 Å². The van der Waals surface area contributed by atoms with Gasteiger partial charge in [-0.3, -0.25) is 14.8 Å². The summed E-state index contributed by atoms with van der Waals surface area (Å²) in [6.07, 6.45) is 3.56. The fraction of sp³-hybridized carbons (Fsp3) is 0.385.